The highest BCUT2D eigenvalue weighted by molar-refractivity contribution is 14.1. The minimum atomic E-state index is -1.68. The second-order valence-electron chi connectivity index (χ2n) is 7.72. The molecule has 9 nitrogen and oxygen atoms in total. The molecular formula is C20H33BIN5O4. The summed E-state index contributed by atoms with van der Waals surface area (Å²) in [4.78, 5) is 29.3. The molecule has 0 aromatic heterocycles. The van der Waals surface area contributed by atoms with E-state index in [0.717, 1.165) is 9.13 Å². The van der Waals surface area contributed by atoms with E-state index in [9.17, 15) is 19.6 Å². The molecule has 172 valence electrons. The summed E-state index contributed by atoms with van der Waals surface area (Å²) in [5.74, 6) is -1.10. The summed E-state index contributed by atoms with van der Waals surface area (Å²) in [6.07, 6.45) is 1.45. The van der Waals surface area contributed by atoms with E-state index >= 15 is 0 Å². The van der Waals surface area contributed by atoms with E-state index < -0.39 is 25.0 Å². The summed E-state index contributed by atoms with van der Waals surface area (Å²) in [5.41, 5.74) is 6.48. The molecule has 0 aliphatic carbocycles. The number of halogens is 1. The maximum absolute atomic E-state index is 12.9. The quantitative estimate of drug-likeness (QED) is 0.0726. The van der Waals surface area contributed by atoms with Gasteiger partial charge in [-0.25, -0.2) is 0 Å². The van der Waals surface area contributed by atoms with E-state index in [4.69, 9.17) is 5.73 Å². The molecule has 0 radical (unpaired) electrons. The van der Waals surface area contributed by atoms with E-state index in [2.05, 4.69) is 43.5 Å². The largest absolute Gasteiger partial charge is 0.475 e. The lowest BCUT2D eigenvalue weighted by molar-refractivity contribution is -0.129. The Hall–Kier alpha value is -1.86. The Morgan fingerprint density at radius 2 is 1.90 bits per heavy atom. The molecule has 2 atom stereocenters. The van der Waals surface area contributed by atoms with Crippen molar-refractivity contribution in [1.82, 2.24) is 16.0 Å². The second-order valence-corrected chi connectivity index (χ2v) is 8.89. The predicted octanol–water partition coefficient (Wildman–Crippen LogP) is 0.176. The average molecular weight is 545 g/mol. The van der Waals surface area contributed by atoms with Crippen LogP contribution < -0.4 is 21.7 Å². The SMILES string of the molecule is CN=C(N)NCCC[C@H](NC(=O)Cc1ccccc1I)C(=O)N[C@@H](CC(C)C)B(O)O. The Labute approximate surface area is 197 Å². The summed E-state index contributed by atoms with van der Waals surface area (Å²) in [6, 6.07) is 6.72. The Bertz CT molecular complexity index is 748. The van der Waals surface area contributed by atoms with Crippen molar-refractivity contribution in [3.8, 4) is 0 Å². The van der Waals surface area contributed by atoms with E-state index in [1.54, 1.807) is 7.05 Å². The number of hydrogen-bond acceptors (Lipinski definition) is 5. The number of nitrogens with two attached hydrogens (primary N) is 1. The molecule has 0 unspecified atom stereocenters. The van der Waals surface area contributed by atoms with Crippen molar-refractivity contribution in [3.63, 3.8) is 0 Å². The summed E-state index contributed by atoms with van der Waals surface area (Å²) in [6.45, 7) is 4.33. The summed E-state index contributed by atoms with van der Waals surface area (Å²) < 4.78 is 0.968. The molecule has 0 spiro atoms. The minimum Gasteiger partial charge on any atom is -0.426 e. The Morgan fingerprint density at radius 1 is 1.23 bits per heavy atom. The van der Waals surface area contributed by atoms with Gasteiger partial charge in [0.2, 0.25) is 11.8 Å². The molecule has 1 aromatic rings. The zero-order chi connectivity index (χ0) is 23.4. The number of rotatable bonds is 12. The fraction of sp³-hybridized carbons (Fsp3) is 0.550. The molecule has 0 saturated carbocycles. The van der Waals surface area contributed by atoms with Gasteiger partial charge in [-0.05, 0) is 59.4 Å². The maximum atomic E-state index is 12.9. The molecule has 0 heterocycles. The zero-order valence-electron chi connectivity index (χ0n) is 18.3. The number of nitrogens with zero attached hydrogens (tertiary/aromatic N) is 1. The van der Waals surface area contributed by atoms with Gasteiger partial charge >= 0.3 is 7.12 Å². The highest BCUT2D eigenvalue weighted by atomic mass is 127. The van der Waals surface area contributed by atoms with E-state index in [0.29, 0.717) is 31.8 Å². The van der Waals surface area contributed by atoms with Crippen molar-refractivity contribution in [1.29, 1.82) is 0 Å². The first-order chi connectivity index (χ1) is 14.6. The van der Waals surface area contributed by atoms with Gasteiger partial charge in [0, 0.05) is 17.2 Å². The highest BCUT2D eigenvalue weighted by Crippen LogP contribution is 2.12. The number of benzene rings is 1. The van der Waals surface area contributed by atoms with Crippen molar-refractivity contribution in [2.24, 2.45) is 16.6 Å². The molecular weight excluding hydrogens is 512 g/mol. The van der Waals surface area contributed by atoms with E-state index in [1.807, 2.05) is 38.1 Å². The number of amides is 2. The molecule has 0 aliphatic heterocycles. The summed E-state index contributed by atoms with van der Waals surface area (Å²) in [5, 5.41) is 27.6. The third-order valence-electron chi connectivity index (χ3n) is 4.59. The van der Waals surface area contributed by atoms with Gasteiger partial charge in [0.1, 0.15) is 6.04 Å². The fourth-order valence-electron chi connectivity index (χ4n) is 2.98. The molecule has 0 bridgehead atoms. The highest BCUT2D eigenvalue weighted by Gasteiger charge is 2.29. The number of aliphatic imine (C=N–C) groups is 1. The number of guanidine groups is 1. The Kier molecular flexibility index (Phi) is 12.5. The van der Waals surface area contributed by atoms with Gasteiger partial charge in [0.05, 0.1) is 12.4 Å². The van der Waals surface area contributed by atoms with Crippen LogP contribution in [0.2, 0.25) is 0 Å². The number of nitrogens with one attached hydrogen (secondary N) is 3. The first-order valence-electron chi connectivity index (χ1n) is 10.3. The molecule has 1 rings (SSSR count). The van der Waals surface area contributed by atoms with Crippen LogP contribution in [0, 0.1) is 9.49 Å². The van der Waals surface area contributed by atoms with Crippen LogP contribution in [0.1, 0.15) is 38.7 Å². The van der Waals surface area contributed by atoms with Gasteiger partial charge in [0.25, 0.3) is 0 Å². The van der Waals surface area contributed by atoms with E-state index in [-0.39, 0.29) is 18.2 Å². The first-order valence-corrected chi connectivity index (χ1v) is 11.4. The molecule has 11 heteroatoms. The smallest absolute Gasteiger partial charge is 0.426 e. The predicted molar refractivity (Wildman–Crippen MR) is 131 cm³/mol. The van der Waals surface area contributed by atoms with Gasteiger partial charge < -0.3 is 31.7 Å². The van der Waals surface area contributed by atoms with Gasteiger partial charge in [-0.15, -0.1) is 0 Å². The molecule has 1 aromatic carbocycles. The molecule has 31 heavy (non-hydrogen) atoms. The molecule has 7 N–H and O–H groups in total. The average Bonchev–Trinajstić information content (AvgIpc) is 2.70. The summed E-state index contributed by atoms with van der Waals surface area (Å²) >= 11 is 2.17. The molecule has 0 saturated heterocycles. The third-order valence-corrected chi connectivity index (χ3v) is 5.64. The van der Waals surface area contributed by atoms with Crippen LogP contribution in [0.4, 0.5) is 0 Å². The Morgan fingerprint density at radius 3 is 2.48 bits per heavy atom. The van der Waals surface area contributed by atoms with Gasteiger partial charge in [-0.2, -0.15) is 0 Å². The van der Waals surface area contributed by atoms with Gasteiger partial charge in [0.15, 0.2) is 5.96 Å². The zero-order valence-corrected chi connectivity index (χ0v) is 20.4. The van der Waals surface area contributed by atoms with Crippen molar-refractivity contribution in [2.45, 2.75) is 51.5 Å². The van der Waals surface area contributed by atoms with Crippen LogP contribution in [0.25, 0.3) is 0 Å². The van der Waals surface area contributed by atoms with E-state index in [1.165, 1.54) is 0 Å². The molecule has 0 fully saturated rings. The lowest BCUT2D eigenvalue weighted by Crippen LogP contribution is -2.54. The van der Waals surface area contributed by atoms with Crippen molar-refractivity contribution >= 4 is 47.5 Å². The lowest BCUT2D eigenvalue weighted by atomic mass is 9.75. The van der Waals surface area contributed by atoms with Crippen LogP contribution in [-0.4, -0.2) is 60.5 Å². The number of carbonyl (C=O) groups is 2. The van der Waals surface area contributed by atoms with Crippen LogP contribution in [0.15, 0.2) is 29.3 Å². The standard InChI is InChI=1S/C20H33BIN5O4/c1-13(2)11-17(21(30)31)27-19(29)16(9-6-10-25-20(23)24-3)26-18(28)12-14-7-4-5-8-15(14)22/h4-5,7-8,13,16-17,30-31H,6,9-12H2,1-3H3,(H,26,28)(H,27,29)(H3,23,24,25)/t16-,17-/m0/s1. The van der Waals surface area contributed by atoms with Crippen LogP contribution in [0.5, 0.6) is 0 Å². The minimum absolute atomic E-state index is 0.147. The normalized spacial score (nSPS) is 13.5. The molecule has 0 aliphatic rings. The molecule has 2 amide bonds. The number of hydrogen-bond donors (Lipinski definition) is 6. The van der Waals surface area contributed by atoms with Crippen molar-refractivity contribution < 1.29 is 19.6 Å². The van der Waals surface area contributed by atoms with Crippen molar-refractivity contribution in [3.05, 3.63) is 33.4 Å². The van der Waals surface area contributed by atoms with Gasteiger partial charge in [-0.1, -0.05) is 32.0 Å². The monoisotopic (exact) mass is 545 g/mol. The van der Waals surface area contributed by atoms with Crippen LogP contribution in [-0.2, 0) is 16.0 Å². The Balaban J connectivity index is 2.82. The van der Waals surface area contributed by atoms with Crippen molar-refractivity contribution in [2.75, 3.05) is 13.6 Å². The van der Waals surface area contributed by atoms with Crippen LogP contribution in [0.3, 0.4) is 0 Å². The topological polar surface area (TPSA) is 149 Å². The second kappa shape index (κ2) is 14.3. The summed E-state index contributed by atoms with van der Waals surface area (Å²) in [7, 11) is -0.116. The maximum Gasteiger partial charge on any atom is 0.475 e. The number of carbonyl (C=O) groups excluding carboxylic acids is 2. The first kappa shape index (κ1) is 27.2. The van der Waals surface area contributed by atoms with Crippen LogP contribution >= 0.6 is 22.6 Å². The lowest BCUT2D eigenvalue weighted by Gasteiger charge is -2.24. The fourth-order valence-corrected chi connectivity index (χ4v) is 3.56. The third kappa shape index (κ3) is 10.8. The van der Waals surface area contributed by atoms with Gasteiger partial charge in [-0.3, -0.25) is 14.6 Å².